The van der Waals surface area contributed by atoms with E-state index in [1.807, 2.05) is 0 Å². The maximum atomic E-state index is 11.7. The third kappa shape index (κ3) is 2.06. The minimum Gasteiger partial charge on any atom is -0.368 e. The number of nitrogens with two attached hydrogens (primary N) is 1. The number of hydrogen-bond acceptors (Lipinski definition) is 5. The second-order valence-corrected chi connectivity index (χ2v) is 4.08. The topological polar surface area (TPSA) is 85.0 Å². The van der Waals surface area contributed by atoms with Gasteiger partial charge >= 0.3 is 0 Å². The number of halogens is 1. The van der Waals surface area contributed by atoms with Crippen LogP contribution in [-0.2, 0) is 4.79 Å². The van der Waals surface area contributed by atoms with Gasteiger partial charge in [-0.1, -0.05) is 0 Å². The molecule has 0 bridgehead atoms. The van der Waals surface area contributed by atoms with Crippen molar-refractivity contribution in [3.05, 3.63) is 5.82 Å². The molecule has 1 aromatic heterocycles. The van der Waals surface area contributed by atoms with E-state index in [1.165, 1.54) is 4.90 Å². The minimum atomic E-state index is -0.0179. The summed E-state index contributed by atoms with van der Waals surface area (Å²) in [7, 11) is 0. The van der Waals surface area contributed by atoms with Gasteiger partial charge in [0.05, 0.1) is 0 Å². The number of aryl methyl sites for hydroxylation is 1. The van der Waals surface area contributed by atoms with Crippen LogP contribution in [0.15, 0.2) is 0 Å². The zero-order valence-corrected chi connectivity index (χ0v) is 9.61. The van der Waals surface area contributed by atoms with Crippen molar-refractivity contribution in [2.75, 3.05) is 23.1 Å². The molecule has 16 heavy (non-hydrogen) atoms. The maximum absolute atomic E-state index is 11.7. The molecule has 1 aromatic rings. The zero-order valence-electron chi connectivity index (χ0n) is 8.85. The molecule has 0 spiro atoms. The molecule has 0 aliphatic carbocycles. The van der Waals surface area contributed by atoms with Crippen LogP contribution in [0.5, 0.6) is 0 Å². The van der Waals surface area contributed by atoms with Crippen molar-refractivity contribution in [2.24, 2.45) is 5.92 Å². The molecule has 1 saturated heterocycles. The Morgan fingerprint density at radius 3 is 2.81 bits per heavy atom. The summed E-state index contributed by atoms with van der Waals surface area (Å²) in [5.74, 6) is 1.56. The predicted molar refractivity (Wildman–Crippen MR) is 60.2 cm³/mol. The second-order valence-electron chi connectivity index (χ2n) is 3.77. The summed E-state index contributed by atoms with van der Waals surface area (Å²) in [4.78, 5) is 25.1. The summed E-state index contributed by atoms with van der Waals surface area (Å²) in [6.45, 7) is 2.26. The standard InChI is InChI=1S/C9H12ClN5O/c1-5-12-8(11)14-9(13-5)15-4-6(3-10)2-7(15)16/h6H,2-4H2,1H3,(H2,11,12,13,14). The molecule has 1 aliphatic rings. The number of alkyl halides is 1. The van der Waals surface area contributed by atoms with Gasteiger partial charge in [-0.3, -0.25) is 9.69 Å². The number of carbonyl (C=O) groups excluding carboxylic acids is 1. The Labute approximate surface area is 97.8 Å². The number of nitrogen functional groups attached to an aromatic ring is 1. The van der Waals surface area contributed by atoms with E-state index in [0.717, 1.165) is 0 Å². The molecule has 2 rings (SSSR count). The Hall–Kier alpha value is -1.43. The van der Waals surface area contributed by atoms with E-state index in [4.69, 9.17) is 17.3 Å². The Balaban J connectivity index is 2.27. The van der Waals surface area contributed by atoms with Crippen LogP contribution in [0.3, 0.4) is 0 Å². The van der Waals surface area contributed by atoms with E-state index in [9.17, 15) is 4.79 Å². The van der Waals surface area contributed by atoms with Crippen molar-refractivity contribution < 1.29 is 4.79 Å². The predicted octanol–water partition coefficient (Wildman–Crippen LogP) is 0.354. The molecule has 2 heterocycles. The highest BCUT2D eigenvalue weighted by atomic mass is 35.5. The van der Waals surface area contributed by atoms with Crippen LogP contribution < -0.4 is 10.6 Å². The van der Waals surface area contributed by atoms with Crippen LogP contribution in [0.1, 0.15) is 12.2 Å². The lowest BCUT2D eigenvalue weighted by molar-refractivity contribution is -0.117. The summed E-state index contributed by atoms with van der Waals surface area (Å²) in [5.41, 5.74) is 5.51. The fourth-order valence-electron chi connectivity index (χ4n) is 1.69. The van der Waals surface area contributed by atoms with Gasteiger partial charge in [0, 0.05) is 18.8 Å². The Kier molecular flexibility index (Phi) is 2.91. The number of carbonyl (C=O) groups is 1. The first-order valence-corrected chi connectivity index (χ1v) is 5.48. The lowest BCUT2D eigenvalue weighted by Crippen LogP contribution is -2.27. The monoisotopic (exact) mass is 241 g/mol. The van der Waals surface area contributed by atoms with Gasteiger partial charge in [-0.25, -0.2) is 0 Å². The number of nitrogens with zero attached hydrogens (tertiary/aromatic N) is 4. The van der Waals surface area contributed by atoms with Gasteiger partial charge in [0.2, 0.25) is 17.8 Å². The summed E-state index contributed by atoms with van der Waals surface area (Å²) in [6, 6.07) is 0. The zero-order chi connectivity index (χ0) is 11.7. The van der Waals surface area contributed by atoms with Crippen LogP contribution in [0, 0.1) is 12.8 Å². The van der Waals surface area contributed by atoms with Crippen LogP contribution >= 0.6 is 11.6 Å². The average molecular weight is 242 g/mol. The molecule has 0 aromatic carbocycles. The highest BCUT2D eigenvalue weighted by molar-refractivity contribution is 6.18. The number of anilines is 2. The van der Waals surface area contributed by atoms with E-state index in [1.54, 1.807) is 6.92 Å². The fourth-order valence-corrected chi connectivity index (χ4v) is 1.89. The lowest BCUT2D eigenvalue weighted by atomic mass is 10.2. The normalized spacial score (nSPS) is 20.5. The number of amides is 1. The molecule has 1 unspecified atom stereocenters. The summed E-state index contributed by atoms with van der Waals surface area (Å²) in [5, 5.41) is 0. The molecule has 86 valence electrons. The van der Waals surface area contributed by atoms with Crippen molar-refractivity contribution in [3.63, 3.8) is 0 Å². The average Bonchev–Trinajstić information content (AvgIpc) is 2.58. The van der Waals surface area contributed by atoms with E-state index < -0.39 is 0 Å². The molecule has 6 nitrogen and oxygen atoms in total. The number of rotatable bonds is 2. The minimum absolute atomic E-state index is 0.0179. The van der Waals surface area contributed by atoms with Crippen LogP contribution in [0.25, 0.3) is 0 Å². The molecule has 1 aliphatic heterocycles. The first-order chi connectivity index (χ1) is 7.60. The van der Waals surface area contributed by atoms with E-state index in [0.29, 0.717) is 30.6 Å². The molecule has 7 heteroatoms. The number of aromatic nitrogens is 3. The Bertz CT molecular complexity index is 404. The van der Waals surface area contributed by atoms with Crippen molar-refractivity contribution in [2.45, 2.75) is 13.3 Å². The fraction of sp³-hybridized carbons (Fsp3) is 0.556. The van der Waals surface area contributed by atoms with Gasteiger partial charge < -0.3 is 5.73 Å². The third-order valence-corrected chi connectivity index (χ3v) is 2.85. The van der Waals surface area contributed by atoms with Crippen molar-refractivity contribution in [1.29, 1.82) is 0 Å². The molecular weight excluding hydrogens is 230 g/mol. The largest absolute Gasteiger partial charge is 0.368 e. The molecule has 1 amide bonds. The van der Waals surface area contributed by atoms with Gasteiger partial charge in [-0.2, -0.15) is 15.0 Å². The van der Waals surface area contributed by atoms with Crippen LogP contribution in [-0.4, -0.2) is 33.3 Å². The second kappa shape index (κ2) is 4.21. The quantitative estimate of drug-likeness (QED) is 0.756. The summed E-state index contributed by atoms with van der Waals surface area (Å²) >= 11 is 5.73. The Morgan fingerprint density at radius 2 is 2.25 bits per heavy atom. The van der Waals surface area contributed by atoms with Gasteiger partial charge in [-0.15, -0.1) is 11.6 Å². The van der Waals surface area contributed by atoms with Crippen molar-refractivity contribution in [1.82, 2.24) is 15.0 Å². The molecule has 0 radical (unpaired) electrons. The molecular formula is C9H12ClN5O. The van der Waals surface area contributed by atoms with Crippen molar-refractivity contribution in [3.8, 4) is 0 Å². The smallest absolute Gasteiger partial charge is 0.237 e. The van der Waals surface area contributed by atoms with Gasteiger partial charge in [0.25, 0.3) is 0 Å². The molecule has 1 atom stereocenters. The first kappa shape index (κ1) is 11.1. The Morgan fingerprint density at radius 1 is 1.50 bits per heavy atom. The van der Waals surface area contributed by atoms with Crippen molar-refractivity contribution >= 4 is 29.4 Å². The summed E-state index contributed by atoms with van der Waals surface area (Å²) < 4.78 is 0. The SMILES string of the molecule is Cc1nc(N)nc(N2CC(CCl)CC2=O)n1. The van der Waals surface area contributed by atoms with E-state index in [2.05, 4.69) is 15.0 Å². The van der Waals surface area contributed by atoms with E-state index in [-0.39, 0.29) is 17.8 Å². The number of hydrogen-bond donors (Lipinski definition) is 1. The summed E-state index contributed by atoms with van der Waals surface area (Å²) in [6.07, 6.45) is 0.439. The molecule has 2 N–H and O–H groups in total. The van der Waals surface area contributed by atoms with Crippen LogP contribution in [0.4, 0.5) is 11.9 Å². The van der Waals surface area contributed by atoms with Gasteiger partial charge in [-0.05, 0) is 12.8 Å². The maximum Gasteiger partial charge on any atom is 0.237 e. The lowest BCUT2D eigenvalue weighted by Gasteiger charge is -2.14. The van der Waals surface area contributed by atoms with Gasteiger partial charge in [0.1, 0.15) is 5.82 Å². The molecule has 0 saturated carbocycles. The van der Waals surface area contributed by atoms with E-state index >= 15 is 0 Å². The van der Waals surface area contributed by atoms with Gasteiger partial charge in [0.15, 0.2) is 0 Å². The molecule has 1 fully saturated rings. The third-order valence-electron chi connectivity index (χ3n) is 2.42. The van der Waals surface area contributed by atoms with Crippen LogP contribution in [0.2, 0.25) is 0 Å². The first-order valence-electron chi connectivity index (χ1n) is 4.94. The highest BCUT2D eigenvalue weighted by Gasteiger charge is 2.31. The highest BCUT2D eigenvalue weighted by Crippen LogP contribution is 2.23.